The largest absolute Gasteiger partial charge is 0.472 e. The Morgan fingerprint density at radius 3 is 1.43 bits per heavy atom. The second-order valence-corrected chi connectivity index (χ2v) is 19.1. The Balaban J connectivity index is 2.60. The van der Waals surface area contributed by atoms with Crippen molar-refractivity contribution >= 4 is 33.4 Å². The molecule has 1 fully saturated rings. The highest BCUT2D eigenvalue weighted by molar-refractivity contribution is 7.47. The first-order valence-corrected chi connectivity index (χ1v) is 26.0. The standard InChI is InChI=1S/C42H80O17P2/c1-3-5-6-7-8-9-10-11-12-16-19-22-25-29-35(44)57-34(31-36(45)55-30-26-23-20-17-14-13-15-18-21-24-28-33(43)27-4-2)32-56-61(53,54)59-42-39(48)37(46)38(47)41(40(42)49)58-60(50,51)52/h34,37-42,46-49H,3-32H2,1-2H3,(H,53,54)(H2,50,51,52)/t34-,37+,38?,39+,40?,41-,42?/m1/s1. The van der Waals surface area contributed by atoms with Crippen LogP contribution in [0, 0.1) is 0 Å². The molecule has 0 heterocycles. The van der Waals surface area contributed by atoms with Crippen LogP contribution in [0.5, 0.6) is 0 Å². The van der Waals surface area contributed by atoms with Gasteiger partial charge in [0.1, 0.15) is 48.5 Å². The molecule has 8 atom stereocenters. The molecular formula is C42H80O17P2. The predicted octanol–water partition coefficient (Wildman–Crippen LogP) is 7.41. The van der Waals surface area contributed by atoms with Crippen LogP contribution in [0.15, 0.2) is 0 Å². The maximum absolute atomic E-state index is 13.0. The topological polar surface area (TPSA) is 273 Å². The summed E-state index contributed by atoms with van der Waals surface area (Å²) in [6.45, 7) is 3.47. The maximum Gasteiger partial charge on any atom is 0.472 e. The Morgan fingerprint density at radius 2 is 0.951 bits per heavy atom. The summed E-state index contributed by atoms with van der Waals surface area (Å²) in [6.07, 6.45) is 11.3. The summed E-state index contributed by atoms with van der Waals surface area (Å²) in [4.78, 5) is 66.0. The van der Waals surface area contributed by atoms with Crippen molar-refractivity contribution in [1.82, 2.24) is 0 Å². The smallest absolute Gasteiger partial charge is 0.466 e. The molecule has 0 amide bonds. The monoisotopic (exact) mass is 918 g/mol. The van der Waals surface area contributed by atoms with E-state index in [1.165, 1.54) is 51.4 Å². The zero-order chi connectivity index (χ0) is 45.5. The number of phosphoric ester groups is 2. The lowest BCUT2D eigenvalue weighted by Crippen LogP contribution is -2.64. The molecule has 0 aromatic rings. The Bertz CT molecular complexity index is 1270. The minimum atomic E-state index is -5.37. The quantitative estimate of drug-likeness (QED) is 0.0180. The number of hydrogen-bond acceptors (Lipinski definition) is 14. The summed E-state index contributed by atoms with van der Waals surface area (Å²) in [6, 6.07) is 0. The van der Waals surface area contributed by atoms with Gasteiger partial charge in [-0.25, -0.2) is 9.13 Å². The molecule has 61 heavy (non-hydrogen) atoms. The van der Waals surface area contributed by atoms with E-state index >= 15 is 0 Å². The fourth-order valence-corrected chi connectivity index (χ4v) is 8.83. The van der Waals surface area contributed by atoms with Gasteiger partial charge in [-0.2, -0.15) is 0 Å². The zero-order valence-electron chi connectivity index (χ0n) is 36.9. The summed E-state index contributed by atoms with van der Waals surface area (Å²) in [5.74, 6) is -1.07. The molecule has 0 aliphatic heterocycles. The van der Waals surface area contributed by atoms with Crippen LogP contribution in [-0.4, -0.2) is 109 Å². The third-order valence-corrected chi connectivity index (χ3v) is 12.3. The first-order chi connectivity index (χ1) is 29.0. The number of aliphatic hydroxyl groups excluding tert-OH is 4. The normalized spacial score (nSPS) is 22.1. The number of carbonyl (C=O) groups is 3. The van der Waals surface area contributed by atoms with Gasteiger partial charge in [-0.3, -0.25) is 28.0 Å². The summed E-state index contributed by atoms with van der Waals surface area (Å²) >= 11 is 0. The van der Waals surface area contributed by atoms with Gasteiger partial charge in [0.05, 0.1) is 19.6 Å². The van der Waals surface area contributed by atoms with Crippen molar-refractivity contribution in [2.24, 2.45) is 0 Å². The van der Waals surface area contributed by atoms with Gasteiger partial charge >= 0.3 is 27.6 Å². The van der Waals surface area contributed by atoms with Crippen LogP contribution in [-0.2, 0) is 46.6 Å². The molecule has 0 aromatic heterocycles. The lowest BCUT2D eigenvalue weighted by atomic mass is 9.85. The van der Waals surface area contributed by atoms with Crippen LogP contribution in [0.1, 0.15) is 194 Å². The number of ketones is 1. The van der Waals surface area contributed by atoms with E-state index in [1.807, 2.05) is 6.92 Å². The number of phosphoric acid groups is 2. The van der Waals surface area contributed by atoms with Gasteiger partial charge in [-0.1, -0.05) is 142 Å². The van der Waals surface area contributed by atoms with Crippen molar-refractivity contribution in [3.63, 3.8) is 0 Å². The summed E-state index contributed by atoms with van der Waals surface area (Å²) in [7, 11) is -10.7. The second-order valence-electron chi connectivity index (χ2n) is 16.5. The molecular weight excluding hydrogens is 838 g/mol. The van der Waals surface area contributed by atoms with Crippen molar-refractivity contribution in [3.8, 4) is 0 Å². The zero-order valence-corrected chi connectivity index (χ0v) is 38.7. The summed E-state index contributed by atoms with van der Waals surface area (Å²) < 4.78 is 49.3. The van der Waals surface area contributed by atoms with Gasteiger partial charge in [-0.15, -0.1) is 0 Å². The first kappa shape index (κ1) is 57.7. The molecule has 4 unspecified atom stereocenters. The predicted molar refractivity (Wildman–Crippen MR) is 228 cm³/mol. The number of carbonyl (C=O) groups excluding carboxylic acids is 3. The highest BCUT2D eigenvalue weighted by Crippen LogP contribution is 2.49. The second kappa shape index (κ2) is 34.1. The van der Waals surface area contributed by atoms with E-state index in [4.69, 9.17) is 28.3 Å². The molecule has 1 aliphatic carbocycles. The third-order valence-electron chi connectivity index (χ3n) is 10.8. The van der Waals surface area contributed by atoms with E-state index in [-0.39, 0.29) is 13.0 Å². The average molecular weight is 919 g/mol. The van der Waals surface area contributed by atoms with Crippen LogP contribution in [0.25, 0.3) is 0 Å². The highest BCUT2D eigenvalue weighted by Gasteiger charge is 2.54. The number of Topliss-reactive ketones (excluding diaryl/α,β-unsaturated/α-hetero) is 1. The van der Waals surface area contributed by atoms with Crippen molar-refractivity contribution in [2.45, 2.75) is 236 Å². The van der Waals surface area contributed by atoms with Crippen LogP contribution >= 0.6 is 15.6 Å². The number of ether oxygens (including phenoxy) is 2. The Kier molecular flexibility index (Phi) is 32.2. The van der Waals surface area contributed by atoms with Gasteiger partial charge in [-0.05, 0) is 25.7 Å². The minimum absolute atomic E-state index is 0.0261. The third kappa shape index (κ3) is 29.0. The molecule has 1 aliphatic rings. The van der Waals surface area contributed by atoms with Crippen LogP contribution < -0.4 is 0 Å². The van der Waals surface area contributed by atoms with Gasteiger partial charge in [0.2, 0.25) is 0 Å². The Labute approximate surface area is 363 Å². The van der Waals surface area contributed by atoms with Gasteiger partial charge in [0, 0.05) is 19.3 Å². The average Bonchev–Trinajstić information content (AvgIpc) is 3.19. The maximum atomic E-state index is 13.0. The van der Waals surface area contributed by atoms with E-state index in [1.54, 1.807) is 0 Å². The molecule has 19 heteroatoms. The van der Waals surface area contributed by atoms with E-state index in [2.05, 4.69) is 11.4 Å². The van der Waals surface area contributed by atoms with Crippen LogP contribution in [0.2, 0.25) is 0 Å². The number of rotatable bonds is 39. The van der Waals surface area contributed by atoms with E-state index in [0.29, 0.717) is 31.5 Å². The molecule has 1 saturated carbocycles. The van der Waals surface area contributed by atoms with Gasteiger partial charge < -0.3 is 44.6 Å². The fraction of sp³-hybridized carbons (Fsp3) is 0.929. The molecule has 7 N–H and O–H groups in total. The molecule has 0 bridgehead atoms. The molecule has 0 spiro atoms. The van der Waals surface area contributed by atoms with E-state index in [9.17, 15) is 48.8 Å². The Morgan fingerprint density at radius 1 is 0.508 bits per heavy atom. The number of aliphatic hydroxyl groups is 4. The molecule has 1 rings (SSSR count). The molecule has 0 saturated heterocycles. The van der Waals surface area contributed by atoms with Crippen molar-refractivity contribution in [3.05, 3.63) is 0 Å². The number of esters is 2. The Hall–Kier alpha value is -1.33. The molecule has 0 radical (unpaired) electrons. The van der Waals surface area contributed by atoms with Gasteiger partial charge in [0.15, 0.2) is 0 Å². The fourth-order valence-electron chi connectivity index (χ4n) is 7.29. The minimum Gasteiger partial charge on any atom is -0.466 e. The highest BCUT2D eigenvalue weighted by atomic mass is 31.2. The van der Waals surface area contributed by atoms with Gasteiger partial charge in [0.25, 0.3) is 0 Å². The van der Waals surface area contributed by atoms with Crippen molar-refractivity contribution in [2.75, 3.05) is 13.2 Å². The first-order valence-electron chi connectivity index (χ1n) is 23.0. The molecule has 360 valence electrons. The van der Waals surface area contributed by atoms with Crippen molar-refractivity contribution < 1.29 is 81.7 Å². The summed E-state index contributed by atoms with van der Waals surface area (Å²) in [5.41, 5.74) is 0. The molecule has 17 nitrogen and oxygen atoms in total. The van der Waals surface area contributed by atoms with Crippen LogP contribution in [0.3, 0.4) is 0 Å². The van der Waals surface area contributed by atoms with Crippen molar-refractivity contribution in [1.29, 1.82) is 0 Å². The molecule has 0 aromatic carbocycles. The van der Waals surface area contributed by atoms with E-state index < -0.39 is 83.3 Å². The van der Waals surface area contributed by atoms with E-state index in [0.717, 1.165) is 89.9 Å². The van der Waals surface area contributed by atoms with Crippen LogP contribution in [0.4, 0.5) is 0 Å². The number of hydrogen-bond donors (Lipinski definition) is 7. The number of unbranched alkanes of at least 4 members (excludes halogenated alkanes) is 21. The SMILES string of the molecule is CCCCCCCCCCCCCCCC(=O)O[C@@H](COP(=O)(O)OC1C(O)[C@H](OP(=O)(O)O)C(O)[C@H](O)[C@@H]1O)CC(=O)OCCCCCCCCCCCCC(=O)CCC. The lowest BCUT2D eigenvalue weighted by Gasteiger charge is -2.43. The lowest BCUT2D eigenvalue weighted by molar-refractivity contribution is -0.216. The summed E-state index contributed by atoms with van der Waals surface area (Å²) in [5, 5.41) is 41.2.